The van der Waals surface area contributed by atoms with E-state index in [0.29, 0.717) is 17.0 Å². The Morgan fingerprint density at radius 2 is 1.91 bits per heavy atom. The van der Waals surface area contributed by atoms with Gasteiger partial charge in [0.2, 0.25) is 0 Å². The van der Waals surface area contributed by atoms with Gasteiger partial charge in [-0.05, 0) is 31.2 Å². The van der Waals surface area contributed by atoms with Crippen LogP contribution in [0, 0.1) is 17.0 Å². The summed E-state index contributed by atoms with van der Waals surface area (Å²) in [5.74, 6) is 6.63. The van der Waals surface area contributed by atoms with Crippen molar-refractivity contribution < 1.29 is 4.92 Å². The van der Waals surface area contributed by atoms with Crippen molar-refractivity contribution in [2.45, 2.75) is 6.92 Å². The Balaban J connectivity index is 2.04. The molecule has 0 bridgehead atoms. The molecular formula is C15H14N6O2. The highest BCUT2D eigenvalue weighted by atomic mass is 16.6. The highest BCUT2D eigenvalue weighted by molar-refractivity contribution is 5.77. The van der Waals surface area contributed by atoms with Crippen molar-refractivity contribution in [2.75, 3.05) is 11.3 Å². The second-order valence-corrected chi connectivity index (χ2v) is 4.90. The number of benzene rings is 2. The van der Waals surface area contributed by atoms with Crippen LogP contribution < -0.4 is 16.8 Å². The van der Waals surface area contributed by atoms with Crippen molar-refractivity contribution in [3.63, 3.8) is 0 Å². The minimum Gasteiger partial charge on any atom is -0.336 e. The van der Waals surface area contributed by atoms with Gasteiger partial charge in [0.05, 0.1) is 16.1 Å². The van der Waals surface area contributed by atoms with E-state index < -0.39 is 4.92 Å². The van der Waals surface area contributed by atoms with Crippen molar-refractivity contribution in [1.29, 1.82) is 0 Å². The summed E-state index contributed by atoms with van der Waals surface area (Å²) in [4.78, 5) is 14.6. The number of nitro groups is 1. The molecule has 0 saturated carbocycles. The zero-order valence-electron chi connectivity index (χ0n) is 12.3. The van der Waals surface area contributed by atoms with E-state index in [1.54, 1.807) is 19.1 Å². The first kappa shape index (κ1) is 14.5. The number of non-ortho nitro benzene ring substituents is 1. The Kier molecular flexibility index (Phi) is 3.63. The molecule has 0 unspecified atom stereocenters. The molecule has 2 aromatic carbocycles. The Hall–Kier alpha value is -3.42. The maximum Gasteiger partial charge on any atom is 0.269 e. The maximum atomic E-state index is 10.7. The first-order valence-corrected chi connectivity index (χ1v) is 6.84. The van der Waals surface area contributed by atoms with Gasteiger partial charge < -0.3 is 5.84 Å². The van der Waals surface area contributed by atoms with E-state index in [1.807, 2.05) is 24.3 Å². The van der Waals surface area contributed by atoms with Crippen LogP contribution in [0.1, 0.15) is 5.82 Å². The van der Waals surface area contributed by atoms with Gasteiger partial charge >= 0.3 is 0 Å². The summed E-state index contributed by atoms with van der Waals surface area (Å²) in [5.41, 5.74) is 4.81. The van der Waals surface area contributed by atoms with E-state index in [1.165, 1.54) is 16.8 Å². The van der Waals surface area contributed by atoms with Gasteiger partial charge in [0, 0.05) is 17.5 Å². The minimum absolute atomic E-state index is 0.0228. The zero-order valence-corrected chi connectivity index (χ0v) is 12.3. The number of nitrogens with two attached hydrogens (primary N) is 1. The topological polar surface area (TPSA) is 111 Å². The fraction of sp³-hybridized carbons (Fsp3) is 0.0667. The van der Waals surface area contributed by atoms with Gasteiger partial charge in [0.15, 0.2) is 5.49 Å². The number of fused-ring (bicyclic) bond motifs is 1. The largest absolute Gasteiger partial charge is 0.336 e. The minimum atomic E-state index is -0.450. The number of aromatic nitrogens is 2. The van der Waals surface area contributed by atoms with Gasteiger partial charge in [-0.15, -0.1) is 0 Å². The van der Waals surface area contributed by atoms with Crippen LogP contribution in [0.5, 0.6) is 0 Å². The molecule has 3 aromatic rings. The molecule has 1 heterocycles. The molecule has 0 fully saturated rings. The highest BCUT2D eigenvalue weighted by Crippen LogP contribution is 2.15. The van der Waals surface area contributed by atoms with E-state index in [-0.39, 0.29) is 5.69 Å². The fourth-order valence-corrected chi connectivity index (χ4v) is 2.16. The fourth-order valence-electron chi connectivity index (χ4n) is 2.16. The number of rotatable bonds is 3. The number of hydrogen-bond donors (Lipinski definition) is 2. The number of nitrogens with zero attached hydrogens (tertiary/aromatic N) is 4. The molecule has 116 valence electrons. The van der Waals surface area contributed by atoms with Crippen LogP contribution in [0.15, 0.2) is 53.6 Å². The van der Waals surface area contributed by atoms with Crippen molar-refractivity contribution in [2.24, 2.45) is 5.10 Å². The van der Waals surface area contributed by atoms with E-state index >= 15 is 0 Å². The SMILES string of the molecule is Cc1nc2ccccc2/c(=N/Nc2ccc([N+](=O)[O-])cc2)n1N. The van der Waals surface area contributed by atoms with E-state index in [9.17, 15) is 10.1 Å². The van der Waals surface area contributed by atoms with Crippen LogP contribution in [0.4, 0.5) is 11.4 Å². The quantitative estimate of drug-likeness (QED) is 0.436. The van der Waals surface area contributed by atoms with Gasteiger partial charge in [0.25, 0.3) is 5.69 Å². The average Bonchev–Trinajstić information content (AvgIpc) is 2.55. The molecule has 8 nitrogen and oxygen atoms in total. The highest BCUT2D eigenvalue weighted by Gasteiger charge is 2.05. The van der Waals surface area contributed by atoms with Crippen LogP contribution in [-0.2, 0) is 0 Å². The second kappa shape index (κ2) is 5.76. The predicted molar refractivity (Wildman–Crippen MR) is 86.9 cm³/mol. The molecule has 0 aliphatic heterocycles. The molecule has 0 radical (unpaired) electrons. The zero-order chi connectivity index (χ0) is 16.4. The lowest BCUT2D eigenvalue weighted by Crippen LogP contribution is -2.32. The lowest BCUT2D eigenvalue weighted by molar-refractivity contribution is -0.384. The summed E-state index contributed by atoms with van der Waals surface area (Å²) >= 11 is 0. The molecule has 0 spiro atoms. The van der Waals surface area contributed by atoms with Crippen LogP contribution in [-0.4, -0.2) is 14.6 Å². The van der Waals surface area contributed by atoms with Crippen LogP contribution >= 0.6 is 0 Å². The molecule has 3 rings (SSSR count). The Morgan fingerprint density at radius 1 is 1.22 bits per heavy atom. The Labute approximate surface area is 131 Å². The molecule has 8 heteroatoms. The summed E-state index contributed by atoms with van der Waals surface area (Å²) in [5, 5.41) is 15.8. The third-order valence-corrected chi connectivity index (χ3v) is 3.37. The maximum absolute atomic E-state index is 10.7. The van der Waals surface area contributed by atoms with E-state index in [4.69, 9.17) is 5.84 Å². The van der Waals surface area contributed by atoms with Crippen molar-refractivity contribution in [3.8, 4) is 0 Å². The van der Waals surface area contributed by atoms with Crippen LogP contribution in [0.2, 0.25) is 0 Å². The van der Waals surface area contributed by atoms with E-state index in [0.717, 1.165) is 10.9 Å². The number of nitrogen functional groups attached to an aromatic ring is 1. The van der Waals surface area contributed by atoms with Gasteiger partial charge in [0.1, 0.15) is 5.82 Å². The normalized spacial score (nSPS) is 11.6. The number of hydrogen-bond acceptors (Lipinski definition) is 6. The number of para-hydroxylation sites is 1. The molecule has 0 aliphatic rings. The first-order chi connectivity index (χ1) is 11.1. The molecule has 3 N–H and O–H groups in total. The summed E-state index contributed by atoms with van der Waals surface area (Å²) in [6.45, 7) is 1.79. The Morgan fingerprint density at radius 3 is 2.61 bits per heavy atom. The predicted octanol–water partition coefficient (Wildman–Crippen LogP) is 1.89. The molecule has 0 saturated heterocycles. The van der Waals surface area contributed by atoms with E-state index in [2.05, 4.69) is 15.5 Å². The standard InChI is InChI=1S/C15H14N6O2/c1-10-17-14-5-3-2-4-13(14)15(20(10)16)19-18-11-6-8-12(9-7-11)21(22)23/h2-9,18H,16H2,1H3/b19-15-. The molecule has 1 aromatic heterocycles. The summed E-state index contributed by atoms with van der Waals surface area (Å²) < 4.78 is 1.39. The molecule has 0 aliphatic carbocycles. The first-order valence-electron chi connectivity index (χ1n) is 6.84. The number of nitro benzene ring substituents is 1. The van der Waals surface area contributed by atoms with Crippen LogP contribution in [0.25, 0.3) is 10.9 Å². The van der Waals surface area contributed by atoms with Gasteiger partial charge in [-0.3, -0.25) is 15.5 Å². The number of aryl methyl sites for hydroxylation is 1. The summed E-state index contributed by atoms with van der Waals surface area (Å²) in [7, 11) is 0. The molecular weight excluding hydrogens is 296 g/mol. The molecule has 0 atom stereocenters. The lowest BCUT2D eigenvalue weighted by atomic mass is 10.2. The van der Waals surface area contributed by atoms with Gasteiger partial charge in [-0.1, -0.05) is 12.1 Å². The third-order valence-electron chi connectivity index (χ3n) is 3.37. The van der Waals surface area contributed by atoms with Crippen LogP contribution in [0.3, 0.4) is 0 Å². The average molecular weight is 310 g/mol. The monoisotopic (exact) mass is 310 g/mol. The number of anilines is 1. The molecule has 23 heavy (non-hydrogen) atoms. The Bertz CT molecular complexity index is 946. The lowest BCUT2D eigenvalue weighted by Gasteiger charge is -2.08. The smallest absolute Gasteiger partial charge is 0.269 e. The summed E-state index contributed by atoms with van der Waals surface area (Å²) in [6.07, 6.45) is 0. The molecule has 0 amide bonds. The third kappa shape index (κ3) is 2.82. The second-order valence-electron chi connectivity index (χ2n) is 4.90. The van der Waals surface area contributed by atoms with Gasteiger partial charge in [-0.25, -0.2) is 9.66 Å². The number of nitrogens with one attached hydrogen (secondary N) is 1. The van der Waals surface area contributed by atoms with Crippen molar-refractivity contribution in [3.05, 3.63) is 70.0 Å². The van der Waals surface area contributed by atoms with Gasteiger partial charge in [-0.2, -0.15) is 5.10 Å². The summed E-state index contributed by atoms with van der Waals surface area (Å²) in [6, 6.07) is 13.5. The van der Waals surface area contributed by atoms with Crippen molar-refractivity contribution >= 4 is 22.3 Å². The van der Waals surface area contributed by atoms with Crippen molar-refractivity contribution in [1.82, 2.24) is 9.66 Å².